The van der Waals surface area contributed by atoms with Crippen molar-refractivity contribution in [3.8, 4) is 0 Å². The van der Waals surface area contributed by atoms with Crippen molar-refractivity contribution >= 4 is 17.9 Å². The van der Waals surface area contributed by atoms with Gasteiger partial charge in [0, 0.05) is 17.7 Å². The minimum absolute atomic E-state index is 0.370. The first-order chi connectivity index (χ1) is 5.97. The van der Waals surface area contributed by atoms with Crippen LogP contribution in [0.25, 0.3) is 0 Å². The van der Waals surface area contributed by atoms with E-state index < -0.39 is 17.9 Å². The summed E-state index contributed by atoms with van der Waals surface area (Å²) in [6.07, 6.45) is 2.00. The molecule has 1 aliphatic heterocycles. The van der Waals surface area contributed by atoms with Gasteiger partial charge in [-0.3, -0.25) is 0 Å². The molecule has 1 heterocycles. The molecule has 0 unspecified atom stereocenters. The molecule has 0 atom stereocenters. The molecule has 0 radical (unpaired) electrons. The van der Waals surface area contributed by atoms with E-state index in [1.807, 2.05) is 0 Å². The zero-order valence-electron chi connectivity index (χ0n) is 6.94. The number of aliphatic carboxylic acids is 1. The molecule has 0 aromatic heterocycles. The highest BCUT2D eigenvalue weighted by molar-refractivity contribution is 6.08. The molecule has 5 heteroatoms. The maximum absolute atomic E-state index is 10.3. The molecule has 70 valence electrons. The highest BCUT2D eigenvalue weighted by Gasteiger charge is 2.18. The van der Waals surface area contributed by atoms with Gasteiger partial charge in [0.25, 0.3) is 0 Å². The third-order valence-corrected chi connectivity index (χ3v) is 1.02. The predicted molar refractivity (Wildman–Crippen MR) is 42.7 cm³/mol. The average Bonchev–Trinajstić information content (AvgIpc) is 2.31. The van der Waals surface area contributed by atoms with E-state index >= 15 is 0 Å². The van der Waals surface area contributed by atoms with Crippen LogP contribution in [0.2, 0.25) is 0 Å². The van der Waals surface area contributed by atoms with Gasteiger partial charge in [0.2, 0.25) is 0 Å². The van der Waals surface area contributed by atoms with E-state index in [4.69, 9.17) is 5.11 Å². The molecule has 0 spiro atoms. The van der Waals surface area contributed by atoms with Gasteiger partial charge in [0.15, 0.2) is 0 Å². The predicted octanol–water partition coefficient (Wildman–Crippen LogP) is 0.273. The van der Waals surface area contributed by atoms with Crippen LogP contribution in [-0.2, 0) is 19.1 Å². The molecule has 0 aromatic carbocycles. The van der Waals surface area contributed by atoms with Crippen molar-refractivity contribution in [2.45, 2.75) is 6.92 Å². The van der Waals surface area contributed by atoms with E-state index in [-0.39, 0.29) is 0 Å². The number of ether oxygens (including phenoxy) is 1. The zero-order chi connectivity index (χ0) is 10.4. The van der Waals surface area contributed by atoms with Crippen molar-refractivity contribution in [1.29, 1.82) is 0 Å². The van der Waals surface area contributed by atoms with E-state index in [0.29, 0.717) is 5.57 Å². The Morgan fingerprint density at radius 1 is 1.62 bits per heavy atom. The van der Waals surface area contributed by atoms with Gasteiger partial charge in [-0.05, 0) is 6.92 Å². The van der Waals surface area contributed by atoms with Gasteiger partial charge in [-0.25, -0.2) is 14.4 Å². The minimum atomic E-state index is -0.981. The molecule has 0 aliphatic carbocycles. The summed E-state index contributed by atoms with van der Waals surface area (Å²) in [7, 11) is 0. The number of carbonyl (C=O) groups excluding carboxylic acids is 2. The van der Waals surface area contributed by atoms with E-state index in [1.165, 1.54) is 13.0 Å². The molecular weight excluding hydrogens is 176 g/mol. The van der Waals surface area contributed by atoms with Gasteiger partial charge in [-0.15, -0.1) is 0 Å². The third-order valence-electron chi connectivity index (χ3n) is 1.02. The summed E-state index contributed by atoms with van der Waals surface area (Å²) in [6.45, 7) is 4.50. The van der Waals surface area contributed by atoms with Gasteiger partial charge < -0.3 is 9.84 Å². The number of carboxylic acids is 1. The Bertz CT molecular complexity index is 287. The number of carbonyl (C=O) groups is 3. The number of cyclic esters (lactones) is 2. The molecule has 0 fully saturated rings. The smallest absolute Gasteiger partial charge is 0.341 e. The lowest BCUT2D eigenvalue weighted by Gasteiger charge is -1.83. The highest BCUT2D eigenvalue weighted by Crippen LogP contribution is 2.04. The summed E-state index contributed by atoms with van der Waals surface area (Å²) in [5, 5.41) is 7.60. The highest BCUT2D eigenvalue weighted by atomic mass is 16.6. The molecule has 13 heavy (non-hydrogen) atoms. The Morgan fingerprint density at radius 3 is 2.15 bits per heavy atom. The maximum Gasteiger partial charge on any atom is 0.341 e. The van der Waals surface area contributed by atoms with Crippen molar-refractivity contribution in [1.82, 2.24) is 0 Å². The number of carboxylic acid groups (broad SMARTS) is 1. The summed E-state index contributed by atoms with van der Waals surface area (Å²) in [5.41, 5.74) is 0.370. The normalized spacial score (nSPS) is 13.8. The van der Waals surface area contributed by atoms with Gasteiger partial charge in [-0.1, -0.05) is 6.58 Å². The Hall–Kier alpha value is -1.91. The molecule has 0 saturated heterocycles. The second kappa shape index (κ2) is 4.87. The first-order valence-electron chi connectivity index (χ1n) is 3.27. The van der Waals surface area contributed by atoms with E-state index in [0.717, 1.165) is 6.08 Å². The van der Waals surface area contributed by atoms with Crippen molar-refractivity contribution in [2.24, 2.45) is 0 Å². The third kappa shape index (κ3) is 4.52. The summed E-state index contributed by atoms with van der Waals surface area (Å²) >= 11 is 0. The number of hydrogen-bond donors (Lipinski definition) is 1. The van der Waals surface area contributed by atoms with E-state index in [9.17, 15) is 14.4 Å². The molecule has 0 aromatic rings. The molecule has 1 rings (SSSR count). The first kappa shape index (κ1) is 11.1. The Kier molecular flexibility index (Phi) is 4.15. The number of hydrogen-bond acceptors (Lipinski definition) is 4. The second-order valence-electron chi connectivity index (χ2n) is 2.08. The largest absolute Gasteiger partial charge is 0.478 e. The van der Waals surface area contributed by atoms with Gasteiger partial charge >= 0.3 is 17.9 Å². The van der Waals surface area contributed by atoms with Crippen molar-refractivity contribution in [2.75, 3.05) is 0 Å². The summed E-state index contributed by atoms with van der Waals surface area (Å²) in [6, 6.07) is 0. The number of rotatable bonds is 1. The van der Waals surface area contributed by atoms with Crippen LogP contribution in [0.5, 0.6) is 0 Å². The van der Waals surface area contributed by atoms with Crippen molar-refractivity contribution in [3.63, 3.8) is 0 Å². The van der Waals surface area contributed by atoms with E-state index in [1.54, 1.807) is 0 Å². The molecule has 0 saturated carbocycles. The summed E-state index contributed by atoms with van der Waals surface area (Å²) < 4.78 is 4.10. The zero-order valence-corrected chi connectivity index (χ0v) is 6.94. The second-order valence-corrected chi connectivity index (χ2v) is 2.08. The standard InChI is InChI=1S/C5H4O3.C3H4O2/c1-3-2-4(6)8-5(3)7;1-2-3(4)5/h2H,1H3;2H,1H2,(H,4,5). The van der Waals surface area contributed by atoms with Gasteiger partial charge in [0.05, 0.1) is 0 Å². The molecule has 0 amide bonds. The molecule has 0 bridgehead atoms. The summed E-state index contributed by atoms with van der Waals surface area (Å²) in [4.78, 5) is 29.7. The van der Waals surface area contributed by atoms with Crippen LogP contribution in [0.4, 0.5) is 0 Å². The quantitative estimate of drug-likeness (QED) is 0.359. The molecule has 5 nitrogen and oxygen atoms in total. The Morgan fingerprint density at radius 2 is 2.08 bits per heavy atom. The lowest BCUT2D eigenvalue weighted by molar-refractivity contribution is -0.150. The lowest BCUT2D eigenvalue weighted by Crippen LogP contribution is -1.99. The fourth-order valence-corrected chi connectivity index (χ4v) is 0.437. The SMILES string of the molecule is C=CC(=O)O.CC1=CC(=O)OC1=O. The van der Waals surface area contributed by atoms with Crippen LogP contribution in [0.1, 0.15) is 6.92 Å². The fraction of sp³-hybridized carbons (Fsp3) is 0.125. The van der Waals surface area contributed by atoms with Gasteiger partial charge in [-0.2, -0.15) is 0 Å². The van der Waals surface area contributed by atoms with Crippen LogP contribution < -0.4 is 0 Å². The van der Waals surface area contributed by atoms with Gasteiger partial charge in [0.1, 0.15) is 0 Å². The molecule has 1 N–H and O–H groups in total. The molecule has 1 aliphatic rings. The Balaban J connectivity index is 0.000000252. The Labute approximate surface area is 74.3 Å². The maximum atomic E-state index is 10.3. The minimum Gasteiger partial charge on any atom is -0.478 e. The summed E-state index contributed by atoms with van der Waals surface area (Å²) in [5.74, 6) is -2.08. The van der Waals surface area contributed by atoms with Crippen LogP contribution >= 0.6 is 0 Å². The van der Waals surface area contributed by atoms with Crippen LogP contribution in [0.3, 0.4) is 0 Å². The van der Waals surface area contributed by atoms with Crippen molar-refractivity contribution in [3.05, 3.63) is 24.3 Å². The van der Waals surface area contributed by atoms with Crippen LogP contribution in [0.15, 0.2) is 24.3 Å². The van der Waals surface area contributed by atoms with Crippen LogP contribution in [-0.4, -0.2) is 23.0 Å². The van der Waals surface area contributed by atoms with Crippen LogP contribution in [0, 0.1) is 0 Å². The average molecular weight is 184 g/mol. The lowest BCUT2D eigenvalue weighted by atomic mass is 10.3. The van der Waals surface area contributed by atoms with Crippen molar-refractivity contribution < 1.29 is 24.2 Å². The fourth-order valence-electron chi connectivity index (χ4n) is 0.437. The van der Waals surface area contributed by atoms with E-state index in [2.05, 4.69) is 11.3 Å². The monoisotopic (exact) mass is 184 g/mol. The topological polar surface area (TPSA) is 80.7 Å². The molecular formula is C8H8O5. The number of esters is 2. The first-order valence-corrected chi connectivity index (χ1v) is 3.27.